The van der Waals surface area contributed by atoms with E-state index in [0.717, 1.165) is 0 Å². The molecule has 1 aliphatic rings. The maximum atomic E-state index is 11.8. The quantitative estimate of drug-likeness (QED) is 0.660. The van der Waals surface area contributed by atoms with E-state index in [1.807, 2.05) is 27.7 Å². The topological polar surface area (TPSA) is 50.0 Å². The standard InChI is InChI=1S/C9H17N4O/c1-6(2)12-9(14)13(7(3)4)11-8(5)10-12/h6-7H,1-5H3. The van der Waals surface area contributed by atoms with Gasteiger partial charge in [0, 0.05) is 0 Å². The van der Waals surface area contributed by atoms with E-state index >= 15 is 0 Å². The van der Waals surface area contributed by atoms with Gasteiger partial charge in [0.15, 0.2) is 5.84 Å². The van der Waals surface area contributed by atoms with Gasteiger partial charge in [0.25, 0.3) is 0 Å². The van der Waals surface area contributed by atoms with Gasteiger partial charge in [0.05, 0.1) is 12.1 Å². The van der Waals surface area contributed by atoms with Crippen molar-refractivity contribution >= 4 is 11.9 Å². The molecule has 1 radical (unpaired) electrons. The largest absolute Gasteiger partial charge is 0.361 e. The molecule has 1 rings (SSSR count). The number of urea groups is 1. The summed E-state index contributed by atoms with van der Waals surface area (Å²) in [7, 11) is 0. The fraction of sp³-hybridized carbons (Fsp3) is 0.778. The third-order valence-corrected chi connectivity index (χ3v) is 1.88. The van der Waals surface area contributed by atoms with Crippen molar-refractivity contribution in [1.82, 2.24) is 15.4 Å². The molecule has 0 atom stereocenters. The molecule has 0 unspecified atom stereocenters. The predicted octanol–water partition coefficient (Wildman–Crippen LogP) is 1.39. The highest BCUT2D eigenvalue weighted by molar-refractivity contribution is 5.87. The van der Waals surface area contributed by atoms with Gasteiger partial charge >= 0.3 is 6.03 Å². The first-order chi connectivity index (χ1) is 6.43. The summed E-state index contributed by atoms with van der Waals surface area (Å²) in [5, 5.41) is 7.01. The van der Waals surface area contributed by atoms with E-state index in [0.29, 0.717) is 5.84 Å². The monoisotopic (exact) mass is 197 g/mol. The van der Waals surface area contributed by atoms with E-state index in [9.17, 15) is 4.79 Å². The maximum Gasteiger partial charge on any atom is 0.361 e. The van der Waals surface area contributed by atoms with E-state index in [1.165, 1.54) is 10.0 Å². The number of hydrogen-bond donors (Lipinski definition) is 0. The molecule has 0 N–H and O–H groups in total. The molecule has 0 aromatic heterocycles. The highest BCUT2D eigenvalue weighted by Gasteiger charge is 2.30. The molecule has 5 heteroatoms. The molecule has 0 aromatic carbocycles. The summed E-state index contributed by atoms with van der Waals surface area (Å²) in [5.41, 5.74) is 4.09. The first-order valence-corrected chi connectivity index (χ1v) is 4.82. The molecular weight excluding hydrogens is 180 g/mol. The Labute approximate surface area is 84.7 Å². The Balaban J connectivity index is 2.90. The maximum absolute atomic E-state index is 11.8. The van der Waals surface area contributed by atoms with Gasteiger partial charge in [0.1, 0.15) is 0 Å². The fourth-order valence-corrected chi connectivity index (χ4v) is 1.20. The lowest BCUT2D eigenvalue weighted by Crippen LogP contribution is -2.55. The van der Waals surface area contributed by atoms with Crippen LogP contribution in [0.2, 0.25) is 0 Å². The Morgan fingerprint density at radius 1 is 1.07 bits per heavy atom. The van der Waals surface area contributed by atoms with Crippen LogP contribution in [-0.4, -0.2) is 34.0 Å². The Morgan fingerprint density at radius 3 is 2.00 bits per heavy atom. The van der Waals surface area contributed by atoms with Crippen molar-refractivity contribution in [2.24, 2.45) is 5.10 Å². The van der Waals surface area contributed by atoms with Crippen LogP contribution in [-0.2, 0) is 0 Å². The molecule has 1 aliphatic heterocycles. The van der Waals surface area contributed by atoms with Crippen LogP contribution in [0.5, 0.6) is 0 Å². The smallest absolute Gasteiger partial charge is 0.244 e. The van der Waals surface area contributed by atoms with E-state index in [2.05, 4.69) is 10.5 Å². The van der Waals surface area contributed by atoms with Gasteiger partial charge in [-0.2, -0.15) is 10.5 Å². The van der Waals surface area contributed by atoms with Crippen molar-refractivity contribution in [2.45, 2.75) is 46.7 Å². The Bertz CT molecular complexity index is 260. The van der Waals surface area contributed by atoms with Crippen LogP contribution in [0.1, 0.15) is 34.6 Å². The summed E-state index contributed by atoms with van der Waals surface area (Å²) in [6.07, 6.45) is 0. The van der Waals surface area contributed by atoms with Crippen molar-refractivity contribution in [3.63, 3.8) is 0 Å². The van der Waals surface area contributed by atoms with Crippen LogP contribution in [0, 0.1) is 0 Å². The average Bonchev–Trinajstić information content (AvgIpc) is 2.07. The van der Waals surface area contributed by atoms with Crippen molar-refractivity contribution in [3.05, 3.63) is 0 Å². The molecule has 0 spiro atoms. The second-order valence-electron chi connectivity index (χ2n) is 3.91. The SMILES string of the molecule is CC1=NN(C(C)C)C(=O)N(C(C)C)[N]1. The summed E-state index contributed by atoms with van der Waals surface area (Å²) >= 11 is 0. The Kier molecular flexibility index (Phi) is 2.98. The molecule has 0 saturated carbocycles. The van der Waals surface area contributed by atoms with Crippen LogP contribution in [0.3, 0.4) is 0 Å². The first kappa shape index (κ1) is 10.8. The Morgan fingerprint density at radius 2 is 1.57 bits per heavy atom. The lowest BCUT2D eigenvalue weighted by molar-refractivity contribution is 0.103. The molecule has 0 bridgehead atoms. The van der Waals surface area contributed by atoms with E-state index in [-0.39, 0.29) is 18.1 Å². The summed E-state index contributed by atoms with van der Waals surface area (Å²) in [5.74, 6) is 0.618. The van der Waals surface area contributed by atoms with Crippen LogP contribution in [0.15, 0.2) is 5.10 Å². The highest BCUT2D eigenvalue weighted by Crippen LogP contribution is 2.12. The zero-order valence-electron chi connectivity index (χ0n) is 9.35. The minimum Gasteiger partial charge on any atom is -0.244 e. The Hall–Kier alpha value is -1.26. The van der Waals surface area contributed by atoms with Crippen LogP contribution < -0.4 is 5.43 Å². The van der Waals surface area contributed by atoms with Crippen LogP contribution >= 0.6 is 0 Å². The van der Waals surface area contributed by atoms with Gasteiger partial charge in [-0.05, 0) is 34.6 Å². The van der Waals surface area contributed by atoms with Gasteiger partial charge < -0.3 is 0 Å². The minimum atomic E-state index is -0.152. The van der Waals surface area contributed by atoms with E-state index < -0.39 is 0 Å². The molecular formula is C9H17N4O. The third kappa shape index (κ3) is 1.97. The van der Waals surface area contributed by atoms with Gasteiger partial charge in [-0.15, -0.1) is 0 Å². The average molecular weight is 197 g/mol. The molecule has 5 nitrogen and oxygen atoms in total. The number of nitrogens with zero attached hydrogens (tertiary/aromatic N) is 4. The van der Waals surface area contributed by atoms with Gasteiger partial charge in [-0.1, -0.05) is 0 Å². The van der Waals surface area contributed by atoms with Gasteiger partial charge in [-0.3, -0.25) is 0 Å². The summed E-state index contributed by atoms with van der Waals surface area (Å²) in [4.78, 5) is 11.8. The molecule has 79 valence electrons. The second-order valence-corrected chi connectivity index (χ2v) is 3.91. The van der Waals surface area contributed by atoms with Crippen LogP contribution in [0.4, 0.5) is 4.79 Å². The fourth-order valence-electron chi connectivity index (χ4n) is 1.20. The summed E-state index contributed by atoms with van der Waals surface area (Å²) in [6.45, 7) is 9.51. The molecule has 2 amide bonds. The van der Waals surface area contributed by atoms with Crippen molar-refractivity contribution in [2.75, 3.05) is 0 Å². The second kappa shape index (κ2) is 3.86. The number of rotatable bonds is 2. The van der Waals surface area contributed by atoms with E-state index in [1.54, 1.807) is 6.92 Å². The van der Waals surface area contributed by atoms with Crippen molar-refractivity contribution in [1.29, 1.82) is 0 Å². The minimum absolute atomic E-state index is 0.0641. The number of hydrazone groups is 1. The summed E-state index contributed by atoms with van der Waals surface area (Å²) in [6, 6.07) is -0.0241. The normalized spacial score (nSPS) is 17.6. The summed E-state index contributed by atoms with van der Waals surface area (Å²) < 4.78 is 0. The molecule has 14 heavy (non-hydrogen) atoms. The zero-order chi connectivity index (χ0) is 10.9. The number of carbonyl (C=O) groups excluding carboxylic acids is 1. The molecule has 0 aliphatic carbocycles. The lowest BCUT2D eigenvalue weighted by atomic mass is 10.3. The van der Waals surface area contributed by atoms with Gasteiger partial charge in [0.2, 0.25) is 0 Å². The predicted molar refractivity (Wildman–Crippen MR) is 54.6 cm³/mol. The lowest BCUT2D eigenvalue weighted by Gasteiger charge is -2.34. The number of amidine groups is 1. The molecule has 1 heterocycles. The molecule has 0 saturated heterocycles. The highest BCUT2D eigenvalue weighted by atomic mass is 16.2. The zero-order valence-corrected chi connectivity index (χ0v) is 9.35. The molecule has 0 aromatic rings. The van der Waals surface area contributed by atoms with Gasteiger partial charge in [-0.25, -0.2) is 14.8 Å². The third-order valence-electron chi connectivity index (χ3n) is 1.88. The van der Waals surface area contributed by atoms with E-state index in [4.69, 9.17) is 0 Å². The van der Waals surface area contributed by atoms with Crippen LogP contribution in [0.25, 0.3) is 0 Å². The number of amides is 2. The number of hydrogen-bond acceptors (Lipinski definition) is 2. The molecule has 0 fully saturated rings. The van der Waals surface area contributed by atoms with Crippen molar-refractivity contribution in [3.8, 4) is 0 Å². The number of carbonyl (C=O) groups is 1. The first-order valence-electron chi connectivity index (χ1n) is 4.82. The van der Waals surface area contributed by atoms with Crippen molar-refractivity contribution < 1.29 is 4.79 Å².